The van der Waals surface area contributed by atoms with Crippen molar-refractivity contribution in [3.05, 3.63) is 35.4 Å². The molecule has 2 nitrogen and oxygen atoms in total. The van der Waals surface area contributed by atoms with Crippen molar-refractivity contribution in [2.45, 2.75) is 18.6 Å². The van der Waals surface area contributed by atoms with Crippen LogP contribution in [-0.4, -0.2) is 12.3 Å². The Balaban J connectivity index is 3.02. The molecule has 0 heterocycles. The van der Waals surface area contributed by atoms with Gasteiger partial charge in [0.1, 0.15) is 6.29 Å². The Bertz CT molecular complexity index is 349. The highest BCUT2D eigenvalue weighted by molar-refractivity contribution is 5.58. The van der Waals surface area contributed by atoms with E-state index in [2.05, 4.69) is 0 Å². The van der Waals surface area contributed by atoms with Crippen molar-refractivity contribution in [2.75, 3.05) is 0 Å². The molecule has 0 saturated heterocycles. The minimum atomic E-state index is -4.40. The minimum Gasteiger partial charge on any atom is -0.321 e. The summed E-state index contributed by atoms with van der Waals surface area (Å²) in [5.74, 6) is 0. The first-order valence-corrected chi connectivity index (χ1v) is 4.31. The van der Waals surface area contributed by atoms with Crippen LogP contribution in [0.2, 0.25) is 0 Å². The van der Waals surface area contributed by atoms with E-state index < -0.39 is 17.8 Å². The lowest BCUT2D eigenvalue weighted by Crippen LogP contribution is -2.25. The second-order valence-electron chi connectivity index (χ2n) is 3.16. The molecule has 0 spiro atoms. The summed E-state index contributed by atoms with van der Waals surface area (Å²) in [4.78, 5) is 10.3. The summed E-state index contributed by atoms with van der Waals surface area (Å²) in [6, 6.07) is 4.20. The lowest BCUT2D eigenvalue weighted by atomic mass is 10.0. The summed E-state index contributed by atoms with van der Waals surface area (Å²) in [5, 5.41) is 0. The van der Waals surface area contributed by atoms with Gasteiger partial charge in [0, 0.05) is 0 Å². The molecule has 2 N–H and O–H groups in total. The Labute approximate surface area is 84.9 Å². The topological polar surface area (TPSA) is 43.1 Å². The molecule has 0 fully saturated rings. The normalized spacial score (nSPS) is 13.6. The fourth-order valence-electron chi connectivity index (χ4n) is 1.28. The molecule has 1 aromatic carbocycles. The van der Waals surface area contributed by atoms with Gasteiger partial charge < -0.3 is 10.5 Å². The zero-order valence-electron chi connectivity index (χ0n) is 7.79. The monoisotopic (exact) mass is 217 g/mol. The largest absolute Gasteiger partial charge is 0.416 e. The van der Waals surface area contributed by atoms with Crippen molar-refractivity contribution >= 4 is 6.29 Å². The summed E-state index contributed by atoms with van der Waals surface area (Å²) in [6.45, 7) is 0. The molecule has 0 aliphatic heterocycles. The van der Waals surface area contributed by atoms with Gasteiger partial charge in [-0.2, -0.15) is 13.2 Å². The van der Waals surface area contributed by atoms with Crippen molar-refractivity contribution in [3.63, 3.8) is 0 Å². The summed E-state index contributed by atoms with van der Waals surface area (Å²) in [5.41, 5.74) is 4.59. The van der Waals surface area contributed by atoms with Crippen molar-refractivity contribution in [2.24, 2.45) is 5.73 Å². The van der Waals surface area contributed by atoms with Gasteiger partial charge in [-0.3, -0.25) is 0 Å². The van der Waals surface area contributed by atoms with Crippen LogP contribution in [0.1, 0.15) is 11.1 Å². The van der Waals surface area contributed by atoms with Crippen LogP contribution >= 0.6 is 0 Å². The Hall–Kier alpha value is -1.36. The zero-order chi connectivity index (χ0) is 11.5. The van der Waals surface area contributed by atoms with Crippen LogP contribution in [-0.2, 0) is 17.4 Å². The average Bonchev–Trinajstić information content (AvgIpc) is 2.17. The quantitative estimate of drug-likeness (QED) is 0.784. The highest BCUT2D eigenvalue weighted by atomic mass is 19.4. The molecule has 1 atom stereocenters. The molecule has 1 aromatic rings. The maximum absolute atomic E-state index is 12.5. The molecule has 15 heavy (non-hydrogen) atoms. The van der Waals surface area contributed by atoms with Crippen molar-refractivity contribution in [3.8, 4) is 0 Å². The molecule has 0 bridgehead atoms. The van der Waals surface area contributed by atoms with Crippen LogP contribution in [0, 0.1) is 0 Å². The van der Waals surface area contributed by atoms with E-state index in [4.69, 9.17) is 5.73 Å². The van der Waals surface area contributed by atoms with Gasteiger partial charge in [0.05, 0.1) is 11.6 Å². The molecule has 0 aliphatic rings. The summed E-state index contributed by atoms with van der Waals surface area (Å²) < 4.78 is 37.4. The van der Waals surface area contributed by atoms with Crippen molar-refractivity contribution < 1.29 is 18.0 Å². The van der Waals surface area contributed by atoms with Crippen LogP contribution in [0.25, 0.3) is 0 Å². The van der Waals surface area contributed by atoms with Gasteiger partial charge in [-0.25, -0.2) is 0 Å². The number of carbonyl (C=O) groups excluding carboxylic acids is 1. The van der Waals surface area contributed by atoms with Crippen molar-refractivity contribution in [1.82, 2.24) is 0 Å². The fraction of sp³-hybridized carbons (Fsp3) is 0.300. The van der Waals surface area contributed by atoms with Crippen LogP contribution in [0.5, 0.6) is 0 Å². The lowest BCUT2D eigenvalue weighted by molar-refractivity contribution is -0.138. The van der Waals surface area contributed by atoms with Gasteiger partial charge in [-0.1, -0.05) is 18.2 Å². The third-order valence-electron chi connectivity index (χ3n) is 1.95. The predicted molar refractivity (Wildman–Crippen MR) is 49.2 cm³/mol. The maximum atomic E-state index is 12.5. The van der Waals surface area contributed by atoms with Gasteiger partial charge >= 0.3 is 6.18 Å². The number of hydrogen-bond acceptors (Lipinski definition) is 2. The number of benzene rings is 1. The number of rotatable bonds is 3. The molecular formula is C10H10F3NO. The Morgan fingerprint density at radius 2 is 1.93 bits per heavy atom. The number of carbonyl (C=O) groups is 1. The molecule has 0 aliphatic carbocycles. The third kappa shape index (κ3) is 3.06. The average molecular weight is 217 g/mol. The number of alkyl halides is 3. The second kappa shape index (κ2) is 4.44. The predicted octanol–water partition coefficient (Wildman–Crippen LogP) is 1.77. The molecule has 0 aromatic heterocycles. The van der Waals surface area contributed by atoms with E-state index in [0.717, 1.165) is 6.07 Å². The lowest BCUT2D eigenvalue weighted by Gasteiger charge is -2.13. The van der Waals surface area contributed by atoms with Crippen LogP contribution in [0.3, 0.4) is 0 Å². The number of aldehydes is 1. The summed E-state index contributed by atoms with van der Waals surface area (Å²) in [6.07, 6.45) is -4.06. The maximum Gasteiger partial charge on any atom is 0.416 e. The van der Waals surface area contributed by atoms with Gasteiger partial charge in [0.2, 0.25) is 0 Å². The molecular weight excluding hydrogens is 207 g/mol. The summed E-state index contributed by atoms with van der Waals surface area (Å²) in [7, 11) is 0. The molecule has 82 valence electrons. The molecule has 0 unspecified atom stereocenters. The van der Waals surface area contributed by atoms with E-state index in [1.54, 1.807) is 0 Å². The fourth-order valence-corrected chi connectivity index (χ4v) is 1.28. The van der Waals surface area contributed by atoms with Gasteiger partial charge in [-0.05, 0) is 18.1 Å². The Morgan fingerprint density at radius 3 is 2.47 bits per heavy atom. The highest BCUT2D eigenvalue weighted by Crippen LogP contribution is 2.32. The van der Waals surface area contributed by atoms with E-state index in [9.17, 15) is 18.0 Å². The zero-order valence-corrected chi connectivity index (χ0v) is 7.79. The van der Waals surface area contributed by atoms with E-state index in [0.29, 0.717) is 6.29 Å². The SMILES string of the molecule is N[C@H](C=O)Cc1ccccc1C(F)(F)F. The molecule has 5 heteroatoms. The third-order valence-corrected chi connectivity index (χ3v) is 1.95. The minimum absolute atomic E-state index is 0.0459. The molecule has 0 amide bonds. The van der Waals surface area contributed by atoms with Gasteiger partial charge in [0.15, 0.2) is 0 Å². The molecule has 0 saturated carbocycles. The molecule has 0 radical (unpaired) electrons. The van der Waals surface area contributed by atoms with Crippen LogP contribution in [0.4, 0.5) is 13.2 Å². The van der Waals surface area contributed by atoms with Gasteiger partial charge in [-0.15, -0.1) is 0 Å². The van der Waals surface area contributed by atoms with E-state index in [1.807, 2.05) is 0 Å². The summed E-state index contributed by atoms with van der Waals surface area (Å²) >= 11 is 0. The first kappa shape index (κ1) is 11.7. The first-order chi connectivity index (χ1) is 6.95. The Morgan fingerprint density at radius 1 is 1.33 bits per heavy atom. The van der Waals surface area contributed by atoms with E-state index in [-0.39, 0.29) is 12.0 Å². The number of halogens is 3. The van der Waals surface area contributed by atoms with Crippen molar-refractivity contribution in [1.29, 1.82) is 0 Å². The number of nitrogens with two attached hydrogens (primary N) is 1. The second-order valence-corrected chi connectivity index (χ2v) is 3.16. The highest BCUT2D eigenvalue weighted by Gasteiger charge is 2.32. The first-order valence-electron chi connectivity index (χ1n) is 4.31. The smallest absolute Gasteiger partial charge is 0.321 e. The number of hydrogen-bond donors (Lipinski definition) is 1. The standard InChI is InChI=1S/C10H10F3NO/c11-10(12,13)9-4-2-1-3-7(9)5-8(14)6-15/h1-4,6,8H,5,14H2/t8-/m0/s1. The van der Waals surface area contributed by atoms with E-state index in [1.165, 1.54) is 18.2 Å². The Kier molecular flexibility index (Phi) is 3.47. The van der Waals surface area contributed by atoms with Crippen LogP contribution < -0.4 is 5.73 Å². The van der Waals surface area contributed by atoms with Gasteiger partial charge in [0.25, 0.3) is 0 Å². The van der Waals surface area contributed by atoms with Crippen LogP contribution in [0.15, 0.2) is 24.3 Å². The molecule has 1 rings (SSSR count). The van der Waals surface area contributed by atoms with E-state index >= 15 is 0 Å².